The van der Waals surface area contributed by atoms with Gasteiger partial charge in [-0.2, -0.15) is 18.3 Å². The summed E-state index contributed by atoms with van der Waals surface area (Å²) in [6.07, 6.45) is -0.522. The Bertz CT molecular complexity index is 2060. The highest BCUT2D eigenvalue weighted by molar-refractivity contribution is 6.19. The monoisotopic (exact) mass is 641 g/mol. The zero-order valence-corrected chi connectivity index (χ0v) is 24.9. The number of aromatic nitrogens is 3. The Kier molecular flexibility index (Phi) is 7.43. The Labute approximate surface area is 258 Å². The first-order valence-electron chi connectivity index (χ1n) is 13.8. The second-order valence-electron chi connectivity index (χ2n) is 10.8. The minimum absolute atomic E-state index is 0.0110. The van der Waals surface area contributed by atoms with Crippen molar-refractivity contribution in [3.63, 3.8) is 0 Å². The van der Waals surface area contributed by atoms with E-state index in [9.17, 15) is 31.5 Å². The second-order valence-corrected chi connectivity index (χ2v) is 11.1. The Morgan fingerprint density at radius 2 is 1.82 bits per heavy atom. The lowest BCUT2D eigenvalue weighted by atomic mass is 9.91. The second kappa shape index (κ2) is 11.0. The quantitative estimate of drug-likeness (QED) is 0.0966. The largest absolute Gasteiger partial charge is 0.417 e. The van der Waals surface area contributed by atoms with Crippen LogP contribution in [0.4, 0.5) is 33.3 Å². The molecule has 0 aliphatic carbocycles. The minimum atomic E-state index is -4.72. The number of ketones is 1. The molecule has 6 rings (SSSR count). The summed E-state index contributed by atoms with van der Waals surface area (Å²) in [6.45, 7) is 2.01. The van der Waals surface area contributed by atoms with E-state index < -0.39 is 40.8 Å². The molecule has 13 heteroatoms. The number of carbonyl (C=O) groups is 2. The molecular weight excluding hydrogens is 617 g/mol. The third-order valence-corrected chi connectivity index (χ3v) is 8.26. The van der Waals surface area contributed by atoms with Crippen LogP contribution in [0.1, 0.15) is 32.9 Å². The van der Waals surface area contributed by atoms with Crippen LogP contribution in [0.2, 0.25) is 0 Å². The topological polar surface area (TPSA) is 71.6 Å². The summed E-state index contributed by atoms with van der Waals surface area (Å²) >= 11 is 5.49. The molecule has 0 saturated heterocycles. The van der Waals surface area contributed by atoms with E-state index in [1.165, 1.54) is 22.7 Å². The number of hydrogen-bond acceptors (Lipinski definition) is 4. The number of rotatable bonds is 5. The molecule has 45 heavy (non-hydrogen) atoms. The number of fused-ring (bicyclic) bond motifs is 4. The molecular formula is C32H25ClF5N5O2. The van der Waals surface area contributed by atoms with Crippen LogP contribution in [0.3, 0.4) is 0 Å². The summed E-state index contributed by atoms with van der Waals surface area (Å²) in [6, 6.07) is 7.35. The van der Waals surface area contributed by atoms with E-state index in [4.69, 9.17) is 11.6 Å². The third kappa shape index (κ3) is 5.02. The van der Waals surface area contributed by atoms with Crippen molar-refractivity contribution >= 4 is 51.1 Å². The van der Waals surface area contributed by atoms with E-state index in [2.05, 4.69) is 10.4 Å². The average Bonchev–Trinajstić information content (AvgIpc) is 3.50. The Morgan fingerprint density at radius 1 is 1.11 bits per heavy atom. The minimum Gasteiger partial charge on any atom is -0.372 e. The first-order chi connectivity index (χ1) is 21.3. The van der Waals surface area contributed by atoms with Crippen molar-refractivity contribution in [1.29, 1.82) is 0 Å². The Balaban J connectivity index is 1.55. The van der Waals surface area contributed by atoms with Crippen LogP contribution in [-0.2, 0) is 24.4 Å². The van der Waals surface area contributed by atoms with Crippen LogP contribution in [0.25, 0.3) is 27.5 Å². The fourth-order valence-electron chi connectivity index (χ4n) is 5.90. The lowest BCUT2D eigenvalue weighted by molar-refractivity contribution is -0.137. The van der Waals surface area contributed by atoms with E-state index in [-0.39, 0.29) is 28.3 Å². The standard InChI is InChI=1S/C32H25ClF5N5O2/c1-16-20-15-21(32(36,37)38)26-19-6-5-10-43-24(14-17(29(19)43)8-11-41(2)30(26)27(20)40-42(16)3)31(45)18-12-22(34)28(23(35)13-18)39-25(44)7-4-9-33/h4-7,10,12-15H,8-9,11H2,1-3H3,(H,39,44)/b7-4+. The Hall–Kier alpha value is -4.71. The predicted molar refractivity (Wildman–Crippen MR) is 162 cm³/mol. The molecule has 0 atom stereocenters. The zero-order chi connectivity index (χ0) is 32.4. The summed E-state index contributed by atoms with van der Waals surface area (Å²) in [4.78, 5) is 27.4. The maximum absolute atomic E-state index is 15.0. The molecule has 1 N–H and O–H groups in total. The van der Waals surface area contributed by atoms with E-state index in [0.29, 0.717) is 46.3 Å². The lowest BCUT2D eigenvalue weighted by Crippen LogP contribution is -2.24. The molecule has 0 saturated carbocycles. The van der Waals surface area contributed by atoms with Crippen LogP contribution in [0, 0.1) is 18.6 Å². The molecule has 0 unspecified atom stereocenters. The molecule has 5 aromatic rings. The lowest BCUT2D eigenvalue weighted by Gasteiger charge is -2.28. The fourth-order valence-corrected chi connectivity index (χ4v) is 5.99. The summed E-state index contributed by atoms with van der Waals surface area (Å²) in [7, 11) is 3.37. The van der Waals surface area contributed by atoms with E-state index in [1.54, 1.807) is 42.7 Å². The van der Waals surface area contributed by atoms with Crippen molar-refractivity contribution in [3.05, 3.63) is 94.5 Å². The van der Waals surface area contributed by atoms with Crippen molar-refractivity contribution in [1.82, 2.24) is 14.2 Å². The van der Waals surface area contributed by atoms with Crippen molar-refractivity contribution < 1.29 is 31.5 Å². The molecule has 3 aromatic heterocycles. The highest BCUT2D eigenvalue weighted by Gasteiger charge is 2.39. The van der Waals surface area contributed by atoms with Crippen molar-refractivity contribution in [3.8, 4) is 11.1 Å². The van der Waals surface area contributed by atoms with Crippen molar-refractivity contribution in [2.75, 3.05) is 29.7 Å². The van der Waals surface area contributed by atoms with E-state index in [1.807, 2.05) is 0 Å². The van der Waals surface area contributed by atoms with Crippen molar-refractivity contribution in [2.24, 2.45) is 7.05 Å². The fraction of sp³-hybridized carbons (Fsp3) is 0.219. The molecule has 1 aliphatic heterocycles. The van der Waals surface area contributed by atoms with Gasteiger partial charge in [0, 0.05) is 66.6 Å². The van der Waals surface area contributed by atoms with Gasteiger partial charge in [0.05, 0.1) is 22.5 Å². The highest BCUT2D eigenvalue weighted by Crippen LogP contribution is 2.49. The molecule has 1 amide bonds. The van der Waals surface area contributed by atoms with Gasteiger partial charge in [0.1, 0.15) is 22.8 Å². The number of alkyl halides is 4. The molecule has 2 aromatic carbocycles. The van der Waals surface area contributed by atoms with Crippen LogP contribution >= 0.6 is 11.6 Å². The summed E-state index contributed by atoms with van der Waals surface area (Å²) < 4.78 is 77.2. The SMILES string of the molecule is Cc1c2cc(C(F)(F)F)c3c(c2nn1C)N(C)CCc1cc(C(=O)c2cc(F)c(NC(=O)/C=C/CCl)c(F)c2)n2cccc-3c12. The van der Waals surface area contributed by atoms with Gasteiger partial charge >= 0.3 is 6.18 Å². The highest BCUT2D eigenvalue weighted by atomic mass is 35.5. The van der Waals surface area contributed by atoms with E-state index >= 15 is 0 Å². The number of halogens is 6. The zero-order valence-electron chi connectivity index (χ0n) is 24.2. The molecule has 0 radical (unpaired) electrons. The Morgan fingerprint density at radius 3 is 2.49 bits per heavy atom. The number of nitrogens with one attached hydrogen (secondary N) is 1. The molecule has 4 heterocycles. The van der Waals surface area contributed by atoms with Gasteiger partial charge in [-0.3, -0.25) is 14.3 Å². The van der Waals surface area contributed by atoms with Crippen LogP contribution in [-0.4, -0.2) is 45.3 Å². The van der Waals surface area contributed by atoms with Crippen molar-refractivity contribution in [2.45, 2.75) is 19.5 Å². The molecule has 7 nitrogen and oxygen atoms in total. The molecule has 0 fully saturated rings. The van der Waals surface area contributed by atoms with Gasteiger partial charge in [-0.15, -0.1) is 11.6 Å². The number of hydrogen-bond donors (Lipinski definition) is 1. The van der Waals surface area contributed by atoms with Crippen LogP contribution in [0.5, 0.6) is 0 Å². The van der Waals surface area contributed by atoms with Gasteiger partial charge in [0.2, 0.25) is 11.7 Å². The van der Waals surface area contributed by atoms with E-state index in [0.717, 1.165) is 24.3 Å². The van der Waals surface area contributed by atoms with Crippen LogP contribution in [0.15, 0.2) is 54.7 Å². The summed E-state index contributed by atoms with van der Waals surface area (Å²) in [5.41, 5.74) is 0.554. The van der Waals surface area contributed by atoms with Gasteiger partial charge < -0.3 is 14.6 Å². The van der Waals surface area contributed by atoms with Gasteiger partial charge in [-0.25, -0.2) is 8.78 Å². The maximum atomic E-state index is 15.0. The third-order valence-electron chi connectivity index (χ3n) is 8.08. The number of anilines is 2. The first kappa shape index (κ1) is 30.3. The van der Waals surface area contributed by atoms with Gasteiger partial charge in [-0.1, -0.05) is 12.1 Å². The molecule has 0 spiro atoms. The molecule has 232 valence electrons. The molecule has 0 bridgehead atoms. The number of likely N-dealkylation sites (N-methyl/N-ethyl adjacent to an activating group) is 1. The number of pyridine rings is 1. The summed E-state index contributed by atoms with van der Waals surface area (Å²) in [5.74, 6) is -3.90. The number of nitrogens with zero attached hydrogens (tertiary/aromatic N) is 4. The van der Waals surface area contributed by atoms with Gasteiger partial charge in [0.25, 0.3) is 0 Å². The normalized spacial score (nSPS) is 13.4. The number of carbonyl (C=O) groups excluding carboxylic acids is 2. The smallest absolute Gasteiger partial charge is 0.372 e. The number of amides is 1. The first-order valence-corrected chi connectivity index (χ1v) is 14.3. The maximum Gasteiger partial charge on any atom is 0.417 e. The van der Waals surface area contributed by atoms with Crippen LogP contribution < -0.4 is 10.2 Å². The average molecular weight is 642 g/mol. The predicted octanol–water partition coefficient (Wildman–Crippen LogP) is 7.06. The number of benzene rings is 2. The summed E-state index contributed by atoms with van der Waals surface area (Å²) in [5, 5.41) is 7.03. The number of aryl methyl sites for hydroxylation is 2. The van der Waals surface area contributed by atoms with Gasteiger partial charge in [0.15, 0.2) is 0 Å². The van der Waals surface area contributed by atoms with Gasteiger partial charge in [-0.05, 0) is 49.2 Å². The molecule has 1 aliphatic rings. The number of allylic oxidation sites excluding steroid dienone is 1.